The summed E-state index contributed by atoms with van der Waals surface area (Å²) >= 11 is 4.93. The number of aliphatic hydroxyl groups is 1. The van der Waals surface area contributed by atoms with Crippen LogP contribution in [0.5, 0.6) is 11.5 Å². The molecule has 2 aromatic rings. The van der Waals surface area contributed by atoms with Crippen LogP contribution in [0.25, 0.3) is 0 Å². The highest BCUT2D eigenvalue weighted by Gasteiger charge is 2.17. The fraction of sp³-hybridized carbons (Fsp3) is 0.231. The summed E-state index contributed by atoms with van der Waals surface area (Å²) in [4.78, 5) is 0.877. The second-order valence-electron chi connectivity index (χ2n) is 3.65. The van der Waals surface area contributed by atoms with E-state index < -0.39 is 6.10 Å². The third-order valence-electron chi connectivity index (χ3n) is 2.62. The van der Waals surface area contributed by atoms with Crippen molar-refractivity contribution in [2.75, 3.05) is 14.2 Å². The van der Waals surface area contributed by atoms with Crippen LogP contribution >= 0.6 is 27.3 Å². The van der Waals surface area contributed by atoms with Crippen LogP contribution in [0.4, 0.5) is 0 Å². The van der Waals surface area contributed by atoms with E-state index in [-0.39, 0.29) is 0 Å². The standard InChI is InChI=1S/C13H13BrO3S/c1-16-10-4-3-8(7-11(10)17-2)12(15)13-9(14)5-6-18-13/h3-7,12,15H,1-2H3. The molecule has 0 amide bonds. The number of thiophene rings is 1. The fourth-order valence-electron chi connectivity index (χ4n) is 1.67. The van der Waals surface area contributed by atoms with Gasteiger partial charge in [0, 0.05) is 4.47 Å². The predicted octanol–water partition coefficient (Wildman–Crippen LogP) is 3.61. The minimum Gasteiger partial charge on any atom is -0.493 e. The van der Waals surface area contributed by atoms with Gasteiger partial charge in [-0.05, 0) is 45.1 Å². The van der Waals surface area contributed by atoms with Gasteiger partial charge in [0.25, 0.3) is 0 Å². The van der Waals surface area contributed by atoms with Gasteiger partial charge in [-0.15, -0.1) is 11.3 Å². The average Bonchev–Trinajstić information content (AvgIpc) is 2.83. The zero-order valence-electron chi connectivity index (χ0n) is 10.0. The quantitative estimate of drug-likeness (QED) is 0.931. The summed E-state index contributed by atoms with van der Waals surface area (Å²) in [6, 6.07) is 7.33. The van der Waals surface area contributed by atoms with Gasteiger partial charge in [0.15, 0.2) is 11.5 Å². The Bertz CT molecular complexity index is 539. The first-order valence-electron chi connectivity index (χ1n) is 5.30. The van der Waals surface area contributed by atoms with Crippen molar-refractivity contribution < 1.29 is 14.6 Å². The maximum absolute atomic E-state index is 10.3. The van der Waals surface area contributed by atoms with Crippen LogP contribution in [0, 0.1) is 0 Å². The van der Waals surface area contributed by atoms with Crippen molar-refractivity contribution in [2.24, 2.45) is 0 Å². The molecule has 0 saturated heterocycles. The smallest absolute Gasteiger partial charge is 0.161 e. The van der Waals surface area contributed by atoms with E-state index in [4.69, 9.17) is 9.47 Å². The highest BCUT2D eigenvalue weighted by Crippen LogP contribution is 2.36. The zero-order valence-corrected chi connectivity index (χ0v) is 12.4. The van der Waals surface area contributed by atoms with E-state index in [0.29, 0.717) is 11.5 Å². The van der Waals surface area contributed by atoms with Gasteiger partial charge in [-0.3, -0.25) is 0 Å². The van der Waals surface area contributed by atoms with Crippen molar-refractivity contribution >= 4 is 27.3 Å². The van der Waals surface area contributed by atoms with Gasteiger partial charge in [0.2, 0.25) is 0 Å². The molecule has 1 aromatic carbocycles. The van der Waals surface area contributed by atoms with E-state index in [1.807, 2.05) is 17.5 Å². The Morgan fingerprint density at radius 1 is 1.17 bits per heavy atom. The second-order valence-corrected chi connectivity index (χ2v) is 5.45. The number of halogens is 1. The Morgan fingerprint density at radius 3 is 2.44 bits per heavy atom. The van der Waals surface area contributed by atoms with Gasteiger partial charge in [-0.25, -0.2) is 0 Å². The van der Waals surface area contributed by atoms with E-state index in [0.717, 1.165) is 14.9 Å². The zero-order chi connectivity index (χ0) is 13.1. The molecule has 0 fully saturated rings. The summed E-state index contributed by atoms with van der Waals surface area (Å²) < 4.78 is 11.3. The summed E-state index contributed by atoms with van der Waals surface area (Å²) in [7, 11) is 3.17. The third-order valence-corrected chi connectivity index (χ3v) is 4.54. The Kier molecular flexibility index (Phi) is 4.27. The molecule has 0 bridgehead atoms. The molecule has 2 rings (SSSR count). The van der Waals surface area contributed by atoms with Crippen LogP contribution in [-0.2, 0) is 0 Å². The van der Waals surface area contributed by atoms with Gasteiger partial charge < -0.3 is 14.6 Å². The molecule has 1 atom stereocenters. The third kappa shape index (κ3) is 2.53. The molecule has 0 aliphatic rings. The summed E-state index contributed by atoms with van der Waals surface area (Å²) in [5, 5.41) is 12.3. The molecule has 1 unspecified atom stereocenters. The molecule has 96 valence electrons. The van der Waals surface area contributed by atoms with E-state index >= 15 is 0 Å². The molecule has 0 saturated carbocycles. The molecule has 1 heterocycles. The number of hydrogen-bond donors (Lipinski definition) is 1. The molecule has 3 nitrogen and oxygen atoms in total. The van der Waals surface area contributed by atoms with Crippen LogP contribution in [-0.4, -0.2) is 19.3 Å². The van der Waals surface area contributed by atoms with Gasteiger partial charge >= 0.3 is 0 Å². The van der Waals surface area contributed by atoms with Crippen LogP contribution in [0.2, 0.25) is 0 Å². The molecule has 1 N–H and O–H groups in total. The molecule has 0 aliphatic carbocycles. The molecule has 18 heavy (non-hydrogen) atoms. The van der Waals surface area contributed by atoms with Crippen LogP contribution in [0.15, 0.2) is 34.1 Å². The van der Waals surface area contributed by atoms with Crippen molar-refractivity contribution in [2.45, 2.75) is 6.10 Å². The van der Waals surface area contributed by atoms with Crippen molar-refractivity contribution in [3.63, 3.8) is 0 Å². The van der Waals surface area contributed by atoms with Gasteiger partial charge in [0.1, 0.15) is 6.10 Å². The first-order valence-corrected chi connectivity index (χ1v) is 6.97. The fourth-order valence-corrected chi connectivity index (χ4v) is 3.28. The first-order chi connectivity index (χ1) is 8.67. The maximum atomic E-state index is 10.3. The highest BCUT2D eigenvalue weighted by molar-refractivity contribution is 9.10. The number of hydrogen-bond acceptors (Lipinski definition) is 4. The van der Waals surface area contributed by atoms with Gasteiger partial charge in [-0.1, -0.05) is 6.07 Å². The van der Waals surface area contributed by atoms with Crippen LogP contribution in [0.3, 0.4) is 0 Å². The van der Waals surface area contributed by atoms with Crippen molar-refractivity contribution in [1.29, 1.82) is 0 Å². The summed E-state index contributed by atoms with van der Waals surface area (Å²) in [5.41, 5.74) is 0.774. The minimum absolute atomic E-state index is 0.613. The van der Waals surface area contributed by atoms with Crippen LogP contribution < -0.4 is 9.47 Å². The monoisotopic (exact) mass is 328 g/mol. The summed E-state index contributed by atoms with van der Waals surface area (Å²) in [5.74, 6) is 1.26. The van der Waals surface area contributed by atoms with E-state index in [2.05, 4.69) is 15.9 Å². The maximum Gasteiger partial charge on any atom is 0.161 e. The minimum atomic E-state index is -0.667. The molecule has 5 heteroatoms. The summed E-state index contributed by atoms with van der Waals surface area (Å²) in [6.45, 7) is 0. The largest absolute Gasteiger partial charge is 0.493 e. The van der Waals surface area contributed by atoms with Crippen molar-refractivity contribution in [3.8, 4) is 11.5 Å². The Labute approximate surface area is 118 Å². The van der Waals surface area contributed by atoms with Gasteiger partial charge in [-0.2, -0.15) is 0 Å². The Morgan fingerprint density at radius 2 is 1.89 bits per heavy atom. The van der Waals surface area contributed by atoms with Crippen molar-refractivity contribution in [3.05, 3.63) is 44.6 Å². The van der Waals surface area contributed by atoms with E-state index in [9.17, 15) is 5.11 Å². The number of aliphatic hydroxyl groups excluding tert-OH is 1. The Balaban J connectivity index is 2.37. The second kappa shape index (κ2) is 5.73. The SMILES string of the molecule is COc1ccc(C(O)c2sccc2Br)cc1OC. The lowest BCUT2D eigenvalue weighted by Crippen LogP contribution is -1.99. The molecule has 1 aromatic heterocycles. The topological polar surface area (TPSA) is 38.7 Å². The molecular weight excluding hydrogens is 316 g/mol. The molecule has 0 aliphatic heterocycles. The van der Waals surface area contributed by atoms with Crippen LogP contribution in [0.1, 0.15) is 16.5 Å². The molecule has 0 spiro atoms. The molecular formula is C13H13BrO3S. The number of benzene rings is 1. The predicted molar refractivity (Wildman–Crippen MR) is 75.6 cm³/mol. The van der Waals surface area contributed by atoms with E-state index in [1.165, 1.54) is 11.3 Å². The number of methoxy groups -OCH3 is 2. The first kappa shape index (κ1) is 13.4. The lowest BCUT2D eigenvalue weighted by atomic mass is 10.1. The average molecular weight is 329 g/mol. The lowest BCUT2D eigenvalue weighted by molar-refractivity contribution is 0.222. The number of rotatable bonds is 4. The highest BCUT2D eigenvalue weighted by atomic mass is 79.9. The number of ether oxygens (including phenoxy) is 2. The normalized spacial score (nSPS) is 12.2. The summed E-state index contributed by atoms with van der Waals surface area (Å²) in [6.07, 6.45) is -0.667. The van der Waals surface area contributed by atoms with E-state index in [1.54, 1.807) is 26.4 Å². The van der Waals surface area contributed by atoms with Gasteiger partial charge in [0.05, 0.1) is 19.1 Å². The Hall–Kier alpha value is -1.04. The van der Waals surface area contributed by atoms with Crippen molar-refractivity contribution in [1.82, 2.24) is 0 Å². The molecule has 0 radical (unpaired) electrons. The lowest BCUT2D eigenvalue weighted by Gasteiger charge is -2.13.